The van der Waals surface area contributed by atoms with Crippen LogP contribution in [-0.2, 0) is 6.42 Å². The van der Waals surface area contributed by atoms with Crippen molar-refractivity contribution in [1.29, 1.82) is 0 Å². The number of pyridine rings is 1. The third-order valence-electron chi connectivity index (χ3n) is 5.24. The van der Waals surface area contributed by atoms with Crippen molar-refractivity contribution in [1.82, 2.24) is 14.9 Å². The number of rotatable bonds is 4. The third kappa shape index (κ3) is 4.63. The predicted molar refractivity (Wildman–Crippen MR) is 117 cm³/mol. The Morgan fingerprint density at radius 2 is 2.00 bits per heavy atom. The van der Waals surface area contributed by atoms with Gasteiger partial charge in [0.2, 0.25) is 0 Å². The number of benzene rings is 1. The molecule has 2 aromatic heterocycles. The van der Waals surface area contributed by atoms with Gasteiger partial charge in [0.05, 0.1) is 16.3 Å². The number of carbonyl (C=O) groups excluding carboxylic acids is 1. The lowest BCUT2D eigenvalue weighted by molar-refractivity contribution is 0.195. The number of anilines is 2. The van der Waals surface area contributed by atoms with E-state index in [0.29, 0.717) is 36.3 Å². The number of nitrogens with zero attached hydrogens (tertiary/aromatic N) is 4. The van der Waals surface area contributed by atoms with E-state index < -0.39 is 29.6 Å². The lowest BCUT2D eigenvalue weighted by Crippen LogP contribution is -2.55. The number of halogens is 3. The van der Waals surface area contributed by atoms with Crippen LogP contribution < -0.4 is 10.2 Å². The van der Waals surface area contributed by atoms with E-state index in [0.717, 1.165) is 23.5 Å². The fraction of sp³-hybridized carbons (Fsp3) is 0.381. The molecule has 1 aliphatic rings. The molecule has 7 nitrogen and oxygen atoms in total. The minimum absolute atomic E-state index is 0.197. The van der Waals surface area contributed by atoms with Crippen LogP contribution >= 0.6 is 11.3 Å². The van der Waals surface area contributed by atoms with Crippen molar-refractivity contribution in [2.75, 3.05) is 29.9 Å². The summed E-state index contributed by atoms with van der Waals surface area (Å²) in [5.41, 5.74) is 0.880. The molecule has 0 spiro atoms. The molecule has 0 bridgehead atoms. The standard InChI is InChI=1S/C21H22F3N5O2S/c1-11-10-28(3-4-29(11)19-16(24)6-13(9-25-19)5-12(2)30)21(31)27-20-26-17-7-14(22)15(23)8-18(17)32-20/h6-9,11-12,30H,3-5,10H2,1-2H3,(H,26,27,31)/t11-,12+/m1/s1. The number of aromatic nitrogens is 2. The Bertz CT molecular complexity index is 1120. The summed E-state index contributed by atoms with van der Waals surface area (Å²) in [5, 5.41) is 12.4. The zero-order valence-corrected chi connectivity index (χ0v) is 18.3. The lowest BCUT2D eigenvalue weighted by atomic mass is 10.1. The second-order valence-electron chi connectivity index (χ2n) is 7.87. The average molecular weight is 466 g/mol. The number of aliphatic hydroxyl groups is 1. The van der Waals surface area contributed by atoms with E-state index in [-0.39, 0.29) is 22.5 Å². The van der Waals surface area contributed by atoms with Crippen molar-refractivity contribution in [2.24, 2.45) is 0 Å². The first kappa shape index (κ1) is 22.3. The second-order valence-corrected chi connectivity index (χ2v) is 8.90. The maximum atomic E-state index is 14.6. The van der Waals surface area contributed by atoms with Crippen molar-refractivity contribution in [2.45, 2.75) is 32.4 Å². The van der Waals surface area contributed by atoms with Crippen LogP contribution in [0.4, 0.5) is 28.9 Å². The Hall–Kier alpha value is -2.92. The SMILES string of the molecule is C[C@H](O)Cc1cnc(N2CCN(C(=O)Nc3nc4cc(F)c(F)cc4s3)C[C@H]2C)c(F)c1. The van der Waals surface area contributed by atoms with Gasteiger partial charge in [0, 0.05) is 37.9 Å². The van der Waals surface area contributed by atoms with Crippen LogP contribution in [0.25, 0.3) is 10.2 Å². The van der Waals surface area contributed by atoms with Crippen molar-refractivity contribution >= 4 is 38.5 Å². The van der Waals surface area contributed by atoms with E-state index in [9.17, 15) is 23.1 Å². The van der Waals surface area contributed by atoms with Crippen molar-refractivity contribution in [3.05, 3.63) is 47.4 Å². The fourth-order valence-corrected chi connectivity index (χ4v) is 4.60. The summed E-state index contributed by atoms with van der Waals surface area (Å²) >= 11 is 1.05. The molecule has 170 valence electrons. The molecule has 2 atom stereocenters. The number of hydrogen-bond acceptors (Lipinski definition) is 6. The van der Waals surface area contributed by atoms with E-state index in [2.05, 4.69) is 15.3 Å². The fourth-order valence-electron chi connectivity index (χ4n) is 3.74. The summed E-state index contributed by atoms with van der Waals surface area (Å²) in [7, 11) is 0. The first-order valence-electron chi connectivity index (χ1n) is 10.1. The normalized spacial score (nSPS) is 17.6. The third-order valence-corrected chi connectivity index (χ3v) is 6.17. The zero-order valence-electron chi connectivity index (χ0n) is 17.5. The molecular formula is C21H22F3N5O2S. The molecule has 4 rings (SSSR count). The van der Waals surface area contributed by atoms with E-state index in [1.54, 1.807) is 22.9 Å². The van der Waals surface area contributed by atoms with E-state index in [1.165, 1.54) is 6.07 Å². The molecule has 0 radical (unpaired) electrons. The van der Waals surface area contributed by atoms with Crippen LogP contribution in [0.15, 0.2) is 24.4 Å². The molecular weight excluding hydrogens is 443 g/mol. The summed E-state index contributed by atoms with van der Waals surface area (Å²) in [6.45, 7) is 4.54. The Labute approximate surface area is 186 Å². The molecule has 32 heavy (non-hydrogen) atoms. The van der Waals surface area contributed by atoms with E-state index >= 15 is 0 Å². The van der Waals surface area contributed by atoms with Crippen molar-refractivity contribution in [3.63, 3.8) is 0 Å². The lowest BCUT2D eigenvalue weighted by Gasteiger charge is -2.40. The number of piperazine rings is 1. The first-order chi connectivity index (χ1) is 15.2. The molecule has 0 unspecified atom stereocenters. The number of urea groups is 1. The zero-order chi connectivity index (χ0) is 23.0. The van der Waals surface area contributed by atoms with E-state index in [4.69, 9.17) is 0 Å². The Kier molecular flexibility index (Phi) is 6.20. The molecule has 1 saturated heterocycles. The van der Waals surface area contributed by atoms with Crippen molar-refractivity contribution in [3.8, 4) is 0 Å². The summed E-state index contributed by atoms with van der Waals surface area (Å²) in [5.74, 6) is -2.22. The van der Waals surface area contributed by atoms with Crippen LogP contribution in [-0.4, -0.2) is 57.8 Å². The minimum atomic E-state index is -0.995. The van der Waals surface area contributed by atoms with Crippen LogP contribution in [0.5, 0.6) is 0 Å². The maximum Gasteiger partial charge on any atom is 0.323 e. The molecule has 2 amide bonds. The Morgan fingerprint density at radius 1 is 1.25 bits per heavy atom. The van der Waals surface area contributed by atoms with Gasteiger partial charge in [-0.2, -0.15) is 0 Å². The largest absolute Gasteiger partial charge is 0.393 e. The van der Waals surface area contributed by atoms with E-state index in [1.807, 2.05) is 6.92 Å². The molecule has 3 aromatic rings. The highest BCUT2D eigenvalue weighted by molar-refractivity contribution is 7.22. The number of fused-ring (bicyclic) bond motifs is 1. The van der Waals surface area contributed by atoms with Gasteiger partial charge in [0.1, 0.15) is 0 Å². The summed E-state index contributed by atoms with van der Waals surface area (Å²) in [4.78, 5) is 24.4. The van der Waals surface area contributed by atoms with Crippen LogP contribution in [0.1, 0.15) is 19.4 Å². The number of carbonyl (C=O) groups is 1. The average Bonchev–Trinajstić information content (AvgIpc) is 3.09. The van der Waals surface area contributed by atoms with Crippen LogP contribution in [0.3, 0.4) is 0 Å². The molecule has 2 N–H and O–H groups in total. The molecule has 1 aromatic carbocycles. The van der Waals surface area contributed by atoms with Gasteiger partial charge in [-0.3, -0.25) is 5.32 Å². The van der Waals surface area contributed by atoms with Crippen LogP contribution in [0.2, 0.25) is 0 Å². The molecule has 3 heterocycles. The Balaban J connectivity index is 1.41. The van der Waals surface area contributed by atoms with Crippen molar-refractivity contribution < 1.29 is 23.1 Å². The highest BCUT2D eigenvalue weighted by Gasteiger charge is 2.29. The van der Waals surface area contributed by atoms with Gasteiger partial charge in [-0.1, -0.05) is 11.3 Å². The van der Waals surface area contributed by atoms with Gasteiger partial charge < -0.3 is 14.9 Å². The van der Waals surface area contributed by atoms with Crippen LogP contribution in [0, 0.1) is 17.5 Å². The molecule has 1 aliphatic heterocycles. The highest BCUT2D eigenvalue weighted by atomic mass is 32.1. The number of amides is 2. The minimum Gasteiger partial charge on any atom is -0.393 e. The summed E-state index contributed by atoms with van der Waals surface area (Å²) < 4.78 is 41.8. The van der Waals surface area contributed by atoms with Gasteiger partial charge in [-0.15, -0.1) is 0 Å². The molecule has 0 aliphatic carbocycles. The van der Waals surface area contributed by atoms with Gasteiger partial charge in [-0.25, -0.2) is 27.9 Å². The highest BCUT2D eigenvalue weighted by Crippen LogP contribution is 2.28. The summed E-state index contributed by atoms with van der Waals surface area (Å²) in [6, 6.07) is 2.83. The Morgan fingerprint density at radius 3 is 2.69 bits per heavy atom. The second kappa shape index (κ2) is 8.91. The summed E-state index contributed by atoms with van der Waals surface area (Å²) in [6.07, 6.45) is 1.28. The number of nitrogens with one attached hydrogen (secondary N) is 1. The number of thiazole rings is 1. The maximum absolute atomic E-state index is 14.6. The molecule has 1 fully saturated rings. The molecule has 0 saturated carbocycles. The topological polar surface area (TPSA) is 81.6 Å². The first-order valence-corrected chi connectivity index (χ1v) is 10.9. The monoisotopic (exact) mass is 465 g/mol. The smallest absolute Gasteiger partial charge is 0.323 e. The quantitative estimate of drug-likeness (QED) is 0.613. The van der Waals surface area contributed by atoms with Gasteiger partial charge in [-0.05, 0) is 38.0 Å². The van der Waals surface area contributed by atoms with Gasteiger partial charge in [0.25, 0.3) is 0 Å². The molecule has 11 heteroatoms. The van der Waals surface area contributed by atoms with Gasteiger partial charge >= 0.3 is 6.03 Å². The predicted octanol–water partition coefficient (Wildman–Crippen LogP) is 3.77. The number of aliphatic hydroxyl groups excluding tert-OH is 1. The number of hydrogen-bond donors (Lipinski definition) is 2. The van der Waals surface area contributed by atoms with Gasteiger partial charge in [0.15, 0.2) is 28.4 Å².